The monoisotopic (exact) mass is 1830 g/mol. The third kappa shape index (κ3) is 25.6. The van der Waals surface area contributed by atoms with Gasteiger partial charge in [-0.15, -0.1) is 0 Å². The second-order valence-corrected chi connectivity index (χ2v) is 35.3. The van der Waals surface area contributed by atoms with Crippen molar-refractivity contribution in [2.75, 3.05) is 79.3 Å². The van der Waals surface area contributed by atoms with Gasteiger partial charge in [0, 0.05) is 16.2 Å². The van der Waals surface area contributed by atoms with Gasteiger partial charge in [0.05, 0.1) is 174 Å². The lowest BCUT2D eigenvalue weighted by molar-refractivity contribution is 0.294. The fourth-order valence-electron chi connectivity index (χ4n) is 11.8. The summed E-state index contributed by atoms with van der Waals surface area (Å²) in [6.45, 7) is 21.7. The van der Waals surface area contributed by atoms with Gasteiger partial charge in [0.2, 0.25) is 0 Å². The van der Waals surface area contributed by atoms with Crippen LogP contribution in [0, 0.1) is 0 Å². The molecule has 6 aliphatic heterocycles. The molecule has 0 amide bonds. The minimum atomic E-state index is -0.454. The highest BCUT2D eigenvalue weighted by molar-refractivity contribution is 9.11. The zero-order chi connectivity index (χ0) is 73.6. The summed E-state index contributed by atoms with van der Waals surface area (Å²) < 4.78 is 71.0. The first-order valence-corrected chi connectivity index (χ1v) is 41.9. The van der Waals surface area contributed by atoms with Crippen LogP contribution in [0.2, 0.25) is 40.2 Å². The molecule has 6 fully saturated rings. The maximum atomic E-state index is 6.59. The Morgan fingerprint density at radius 3 is 0.602 bits per heavy atom. The molecule has 0 aliphatic carbocycles. The summed E-state index contributed by atoms with van der Waals surface area (Å²) in [4.78, 5) is 0. The van der Waals surface area contributed by atoms with E-state index < -0.39 is 10.8 Å². The largest absolute Gasteiger partial charge is 0.491 e. The first kappa shape index (κ1) is 83.6. The number of epoxide rings is 6. The molecule has 0 bridgehead atoms. The number of rotatable bonds is 40. The Kier molecular flexibility index (Phi) is 31.9. The van der Waals surface area contributed by atoms with Crippen LogP contribution in [0.3, 0.4) is 0 Å². The number of halogens is 12. The third-order valence-electron chi connectivity index (χ3n) is 19.2. The molecule has 6 aromatic rings. The van der Waals surface area contributed by atoms with Crippen LogP contribution >= 0.6 is 157 Å². The van der Waals surface area contributed by atoms with Gasteiger partial charge in [-0.1, -0.05) is 134 Å². The van der Waals surface area contributed by atoms with Gasteiger partial charge in [-0.05, 0) is 273 Å². The van der Waals surface area contributed by atoms with Crippen molar-refractivity contribution in [3.05, 3.63) is 164 Å². The van der Waals surface area contributed by atoms with Crippen LogP contribution in [0.25, 0.3) is 0 Å². The zero-order valence-electron chi connectivity index (χ0n) is 59.1. The highest BCUT2D eigenvalue weighted by Gasteiger charge is 2.33. The van der Waals surface area contributed by atoms with Crippen molar-refractivity contribution in [3.8, 4) is 34.5 Å². The minimum Gasteiger partial charge on any atom is -0.491 e. The predicted octanol–water partition coefficient (Wildman–Crippen LogP) is 25.2. The molecule has 0 saturated carbocycles. The average molecular weight is 1840 g/mol. The van der Waals surface area contributed by atoms with Crippen LogP contribution in [0.4, 0.5) is 0 Å². The van der Waals surface area contributed by atoms with E-state index in [4.69, 9.17) is 150 Å². The molecule has 0 radical (unpaired) electrons. The van der Waals surface area contributed by atoms with Gasteiger partial charge in [-0.2, -0.15) is 0 Å². The molecule has 0 aromatic heterocycles. The molecule has 12 rings (SSSR count). The van der Waals surface area contributed by atoms with Gasteiger partial charge in [-0.3, -0.25) is 0 Å². The molecule has 0 N–H and O–H groups in total. The van der Waals surface area contributed by atoms with Gasteiger partial charge in [0.25, 0.3) is 0 Å². The van der Waals surface area contributed by atoms with Gasteiger partial charge in [0.1, 0.15) is 11.5 Å². The Hall–Kier alpha value is -1.88. The zero-order valence-corrected chi connectivity index (χ0v) is 71.5. The van der Waals surface area contributed by atoms with Crippen molar-refractivity contribution >= 4 is 157 Å². The molecule has 564 valence electrons. The van der Waals surface area contributed by atoms with Crippen LogP contribution in [0.15, 0.2) is 90.7 Å². The van der Waals surface area contributed by atoms with Crippen molar-refractivity contribution in [2.45, 2.75) is 197 Å². The lowest BCUT2D eigenvalue weighted by Gasteiger charge is -2.28. The molecule has 6 unspecified atom stereocenters. The Morgan fingerprint density at radius 2 is 0.417 bits per heavy atom. The molecular weight excluding hydrogens is 1740 g/mol. The standard InChI is InChI=1S/C27H32Br4O4.C27H32Cl4O4.C25H28Cl4O4/c2*1-27(2,17-11-21(28)25(22(29)12-17)32-9-5-3-7-19-15-34-19)18-13-23(30)26(24(31)14-18)33-10-6-4-8-20-16-35-20;1-25(2,15-9-19(26)23(20(27)10-15)30-7-3-5-17-13-32-17)16-11-21(28)24(22(29)12-16)31-8-4-6-18-14-33-18/h2*11-14,19-20H,3-10,15-16H2,1-2H3;9-12,17-18H,3-8,13-14H2,1-2H3. The SMILES string of the molecule is CC(C)(c1cc(Br)c(OCCCCC2CO2)c(Br)c1)c1cc(Br)c(OCCCCC2CO2)c(Br)c1.CC(C)(c1cc(Cl)c(OCCCC2CO2)c(Cl)c1)c1cc(Cl)c(OCCCC2CO2)c(Cl)c1.CC(C)(c1cc(Cl)c(OCCCCC2CO2)c(Cl)c1)c1cc(Cl)c(OCCCCC2CO2)c(Cl)c1. The molecule has 24 heteroatoms. The van der Waals surface area contributed by atoms with Crippen LogP contribution in [0.5, 0.6) is 34.5 Å². The molecule has 6 saturated heterocycles. The van der Waals surface area contributed by atoms with Crippen LogP contribution in [0.1, 0.15) is 178 Å². The van der Waals surface area contributed by atoms with Gasteiger partial charge in [0.15, 0.2) is 23.0 Å². The van der Waals surface area contributed by atoms with Crippen LogP contribution in [-0.2, 0) is 44.7 Å². The van der Waals surface area contributed by atoms with E-state index in [0.29, 0.717) is 139 Å². The lowest BCUT2D eigenvalue weighted by atomic mass is 9.78. The van der Waals surface area contributed by atoms with Crippen LogP contribution < -0.4 is 28.4 Å². The van der Waals surface area contributed by atoms with E-state index in [9.17, 15) is 0 Å². The van der Waals surface area contributed by atoms with E-state index in [2.05, 4.69) is 130 Å². The number of benzene rings is 6. The second-order valence-electron chi connectivity index (χ2n) is 28.6. The average Bonchev–Trinajstić information content (AvgIpc) is 1.38. The normalized spacial score (nSPS) is 19.2. The summed E-state index contributed by atoms with van der Waals surface area (Å²) in [5.74, 6) is 3.75. The Labute approximate surface area is 682 Å². The lowest BCUT2D eigenvalue weighted by Crippen LogP contribution is -2.19. The summed E-state index contributed by atoms with van der Waals surface area (Å²) in [6.07, 6.45) is 19.1. The van der Waals surface area contributed by atoms with Crippen molar-refractivity contribution in [3.63, 3.8) is 0 Å². The molecule has 6 aliphatic rings. The summed E-state index contributed by atoms with van der Waals surface area (Å²) >= 11 is 67.5. The Bertz CT molecular complexity index is 3270. The van der Waals surface area contributed by atoms with Crippen molar-refractivity contribution in [2.24, 2.45) is 0 Å². The van der Waals surface area contributed by atoms with Gasteiger partial charge < -0.3 is 56.8 Å². The molecule has 6 heterocycles. The van der Waals surface area contributed by atoms with E-state index in [1.54, 1.807) is 0 Å². The van der Waals surface area contributed by atoms with Crippen molar-refractivity contribution in [1.82, 2.24) is 0 Å². The molecule has 6 aromatic carbocycles. The molecule has 12 nitrogen and oxygen atoms in total. The predicted molar refractivity (Wildman–Crippen MR) is 431 cm³/mol. The highest BCUT2D eigenvalue weighted by Crippen LogP contribution is 2.49. The molecular formula is C79H92Br4Cl8O12. The molecule has 0 spiro atoms. The topological polar surface area (TPSA) is 131 Å². The summed E-state index contributed by atoms with van der Waals surface area (Å²) in [7, 11) is 0. The van der Waals surface area contributed by atoms with Crippen molar-refractivity contribution in [1.29, 1.82) is 0 Å². The fraction of sp³-hybridized carbons (Fsp3) is 0.544. The molecule has 6 atom stereocenters. The maximum absolute atomic E-state index is 6.59. The van der Waals surface area contributed by atoms with Crippen LogP contribution in [-0.4, -0.2) is 116 Å². The van der Waals surface area contributed by atoms with E-state index in [0.717, 1.165) is 194 Å². The number of hydrogen-bond donors (Lipinski definition) is 0. The molecule has 103 heavy (non-hydrogen) atoms. The second kappa shape index (κ2) is 39.3. The van der Waals surface area contributed by atoms with E-state index >= 15 is 0 Å². The highest BCUT2D eigenvalue weighted by atomic mass is 79.9. The fourth-order valence-corrected chi connectivity index (χ4v) is 17.0. The summed E-state index contributed by atoms with van der Waals surface area (Å²) in [5, 5.41) is 3.85. The van der Waals surface area contributed by atoms with E-state index in [1.165, 1.54) is 11.1 Å². The van der Waals surface area contributed by atoms with E-state index in [-0.39, 0.29) is 5.41 Å². The van der Waals surface area contributed by atoms with Gasteiger partial charge >= 0.3 is 0 Å². The Balaban J connectivity index is 0.000000166. The first-order valence-electron chi connectivity index (χ1n) is 35.7. The first-order chi connectivity index (χ1) is 49.3. The number of hydrogen-bond acceptors (Lipinski definition) is 12. The summed E-state index contributed by atoms with van der Waals surface area (Å²) in [5.41, 5.74) is 4.97. The number of ether oxygens (including phenoxy) is 12. The smallest absolute Gasteiger partial charge is 0.156 e. The minimum absolute atomic E-state index is 0.234. The maximum Gasteiger partial charge on any atom is 0.156 e. The van der Waals surface area contributed by atoms with Crippen molar-refractivity contribution < 1.29 is 56.8 Å². The summed E-state index contributed by atoms with van der Waals surface area (Å²) in [6, 6.07) is 23.8. The van der Waals surface area contributed by atoms with Gasteiger partial charge in [-0.25, -0.2) is 0 Å². The Morgan fingerprint density at radius 1 is 0.262 bits per heavy atom. The third-order valence-corrected chi connectivity index (χ3v) is 23.8. The number of unbranched alkanes of at least 4 members (excludes halogenated alkanes) is 4. The van der Waals surface area contributed by atoms with E-state index in [1.807, 2.05) is 48.5 Å². The quantitative estimate of drug-likeness (QED) is 0.0268.